The van der Waals surface area contributed by atoms with E-state index in [0.717, 1.165) is 12.8 Å². The lowest BCUT2D eigenvalue weighted by molar-refractivity contribution is -0.0723. The van der Waals surface area contributed by atoms with Gasteiger partial charge >= 0.3 is 0 Å². The van der Waals surface area contributed by atoms with E-state index in [9.17, 15) is 14.8 Å². The third-order valence-electron chi connectivity index (χ3n) is 5.36. The molecule has 0 aliphatic heterocycles. The second-order valence-corrected chi connectivity index (χ2v) is 6.86. The van der Waals surface area contributed by atoms with Gasteiger partial charge in [-0.3, -0.25) is 0 Å². The van der Waals surface area contributed by atoms with E-state index in [1.807, 2.05) is 0 Å². The van der Waals surface area contributed by atoms with Gasteiger partial charge < -0.3 is 5.11 Å². The normalized spacial score (nSPS) is 28.9. The maximum Gasteiger partial charge on any atom is 0.123 e. The molecule has 0 spiro atoms. The van der Waals surface area contributed by atoms with Gasteiger partial charge in [0.05, 0.1) is 11.5 Å². The minimum atomic E-state index is -1.33. The Hall–Kier alpha value is -1.40. The summed E-state index contributed by atoms with van der Waals surface area (Å²) in [5.41, 5.74) is -1.66. The first kappa shape index (κ1) is 16.0. The average molecular weight is 289 g/mol. The summed E-state index contributed by atoms with van der Waals surface area (Å²) in [6, 6.07) is 8.35. The maximum absolute atomic E-state index is 13.5. The van der Waals surface area contributed by atoms with Crippen molar-refractivity contribution in [2.24, 2.45) is 17.3 Å². The predicted octanol–water partition coefficient (Wildman–Crippen LogP) is 4.39. The number of rotatable bonds is 3. The van der Waals surface area contributed by atoms with Crippen LogP contribution >= 0.6 is 0 Å². The van der Waals surface area contributed by atoms with E-state index in [1.165, 1.54) is 12.1 Å². The summed E-state index contributed by atoms with van der Waals surface area (Å²) < 4.78 is 13.5. The summed E-state index contributed by atoms with van der Waals surface area (Å²) in [4.78, 5) is 0. The minimum absolute atomic E-state index is 0.378. The first-order valence-electron chi connectivity index (χ1n) is 7.72. The SMILES string of the molecule is CC(C)C1CCC(C#N)(C(C)(O)c2cccc(F)c2)CC1. The highest BCUT2D eigenvalue weighted by atomic mass is 19.1. The van der Waals surface area contributed by atoms with Crippen molar-refractivity contribution in [3.63, 3.8) is 0 Å². The molecule has 0 aromatic heterocycles. The molecule has 0 heterocycles. The van der Waals surface area contributed by atoms with Crippen molar-refractivity contribution in [1.82, 2.24) is 0 Å². The molecule has 1 aliphatic carbocycles. The largest absolute Gasteiger partial charge is 0.384 e. The summed E-state index contributed by atoms with van der Waals surface area (Å²) >= 11 is 0. The van der Waals surface area contributed by atoms with Crippen LogP contribution in [0.5, 0.6) is 0 Å². The summed E-state index contributed by atoms with van der Waals surface area (Å²) in [6.45, 7) is 6.06. The molecule has 1 aromatic rings. The lowest BCUT2D eigenvalue weighted by Gasteiger charge is -2.45. The highest BCUT2D eigenvalue weighted by Gasteiger charge is 2.50. The quantitative estimate of drug-likeness (QED) is 0.897. The molecule has 1 unspecified atom stereocenters. The molecule has 1 fully saturated rings. The number of benzene rings is 1. The smallest absolute Gasteiger partial charge is 0.123 e. The molecule has 2 rings (SSSR count). The fourth-order valence-electron chi connectivity index (χ4n) is 3.57. The first-order valence-corrected chi connectivity index (χ1v) is 7.72. The number of aliphatic hydroxyl groups is 1. The van der Waals surface area contributed by atoms with Crippen LogP contribution in [0.2, 0.25) is 0 Å². The summed E-state index contributed by atoms with van der Waals surface area (Å²) in [5.74, 6) is 0.826. The van der Waals surface area contributed by atoms with Crippen molar-refractivity contribution in [2.75, 3.05) is 0 Å². The summed E-state index contributed by atoms with van der Waals surface area (Å²) in [5, 5.41) is 20.8. The molecular weight excluding hydrogens is 265 g/mol. The van der Waals surface area contributed by atoms with E-state index >= 15 is 0 Å². The van der Waals surface area contributed by atoms with Crippen LogP contribution in [-0.4, -0.2) is 5.11 Å². The van der Waals surface area contributed by atoms with Crippen molar-refractivity contribution in [3.05, 3.63) is 35.6 Å². The van der Waals surface area contributed by atoms with Gasteiger partial charge in [-0.2, -0.15) is 5.26 Å². The van der Waals surface area contributed by atoms with Crippen LogP contribution in [0.3, 0.4) is 0 Å². The van der Waals surface area contributed by atoms with Crippen LogP contribution in [0.1, 0.15) is 52.0 Å². The Morgan fingerprint density at radius 1 is 1.38 bits per heavy atom. The van der Waals surface area contributed by atoms with Crippen LogP contribution in [-0.2, 0) is 5.60 Å². The fourth-order valence-corrected chi connectivity index (χ4v) is 3.57. The predicted molar refractivity (Wildman–Crippen MR) is 80.8 cm³/mol. The van der Waals surface area contributed by atoms with Gasteiger partial charge in [0.25, 0.3) is 0 Å². The Balaban J connectivity index is 2.31. The molecule has 1 aliphatic rings. The van der Waals surface area contributed by atoms with Crippen molar-refractivity contribution in [2.45, 2.75) is 52.1 Å². The van der Waals surface area contributed by atoms with Crippen molar-refractivity contribution in [3.8, 4) is 6.07 Å². The van der Waals surface area contributed by atoms with E-state index in [-0.39, 0.29) is 5.82 Å². The second kappa shape index (κ2) is 5.77. The molecule has 1 atom stereocenters. The summed E-state index contributed by atoms with van der Waals surface area (Å²) in [6.07, 6.45) is 3.21. The van der Waals surface area contributed by atoms with E-state index in [1.54, 1.807) is 19.1 Å². The summed E-state index contributed by atoms with van der Waals surface area (Å²) in [7, 11) is 0. The van der Waals surface area contributed by atoms with Gasteiger partial charge in [-0.05, 0) is 62.1 Å². The van der Waals surface area contributed by atoms with Crippen molar-refractivity contribution < 1.29 is 9.50 Å². The monoisotopic (exact) mass is 289 g/mol. The van der Waals surface area contributed by atoms with Crippen LogP contribution in [0.25, 0.3) is 0 Å². The molecule has 0 bridgehead atoms. The lowest BCUT2D eigenvalue weighted by Crippen LogP contribution is -2.45. The highest BCUT2D eigenvalue weighted by molar-refractivity contribution is 5.29. The van der Waals surface area contributed by atoms with E-state index < -0.39 is 11.0 Å². The zero-order valence-electron chi connectivity index (χ0n) is 13.1. The maximum atomic E-state index is 13.5. The zero-order chi connectivity index (χ0) is 15.7. The molecule has 3 heteroatoms. The molecule has 1 N–H and O–H groups in total. The number of hydrogen-bond donors (Lipinski definition) is 1. The Kier molecular flexibility index (Phi) is 4.39. The fraction of sp³-hybridized carbons (Fsp3) is 0.611. The Labute approximate surface area is 126 Å². The third kappa shape index (κ3) is 2.82. The number of nitriles is 1. The van der Waals surface area contributed by atoms with Gasteiger partial charge in [-0.15, -0.1) is 0 Å². The van der Waals surface area contributed by atoms with Gasteiger partial charge in [0, 0.05) is 0 Å². The van der Waals surface area contributed by atoms with Gasteiger partial charge in [0.1, 0.15) is 11.4 Å². The van der Waals surface area contributed by atoms with E-state index in [2.05, 4.69) is 19.9 Å². The zero-order valence-corrected chi connectivity index (χ0v) is 13.1. The molecular formula is C18H24FNO. The molecule has 2 nitrogen and oxygen atoms in total. The molecule has 0 amide bonds. The van der Waals surface area contributed by atoms with Crippen molar-refractivity contribution >= 4 is 0 Å². The van der Waals surface area contributed by atoms with E-state index in [4.69, 9.17) is 0 Å². The number of hydrogen-bond acceptors (Lipinski definition) is 2. The molecule has 1 saturated carbocycles. The number of nitrogens with zero attached hydrogens (tertiary/aromatic N) is 1. The van der Waals surface area contributed by atoms with Gasteiger partial charge in [0.15, 0.2) is 0 Å². The van der Waals surface area contributed by atoms with Crippen molar-refractivity contribution in [1.29, 1.82) is 5.26 Å². The molecule has 21 heavy (non-hydrogen) atoms. The Morgan fingerprint density at radius 2 is 2.00 bits per heavy atom. The molecule has 114 valence electrons. The van der Waals surface area contributed by atoms with Crippen LogP contribution in [0, 0.1) is 34.4 Å². The minimum Gasteiger partial charge on any atom is -0.384 e. The number of halogens is 1. The van der Waals surface area contributed by atoms with Crippen LogP contribution in [0.4, 0.5) is 4.39 Å². The molecule has 0 saturated heterocycles. The average Bonchev–Trinajstić information content (AvgIpc) is 2.47. The van der Waals surface area contributed by atoms with Crippen LogP contribution in [0.15, 0.2) is 24.3 Å². The van der Waals surface area contributed by atoms with Gasteiger partial charge in [-0.25, -0.2) is 4.39 Å². The standard InChI is InChI=1S/C18H24FNO/c1-13(2)14-7-9-18(12-20,10-8-14)17(3,21)15-5-4-6-16(19)11-15/h4-6,11,13-14,21H,7-10H2,1-3H3. The lowest BCUT2D eigenvalue weighted by atomic mass is 9.59. The first-order chi connectivity index (χ1) is 9.82. The molecule has 1 aromatic carbocycles. The third-order valence-corrected chi connectivity index (χ3v) is 5.36. The highest BCUT2D eigenvalue weighted by Crippen LogP contribution is 2.51. The Bertz CT molecular complexity index is 536. The topological polar surface area (TPSA) is 44.0 Å². The van der Waals surface area contributed by atoms with Gasteiger partial charge in [0.2, 0.25) is 0 Å². The van der Waals surface area contributed by atoms with Gasteiger partial charge in [-0.1, -0.05) is 26.0 Å². The second-order valence-electron chi connectivity index (χ2n) is 6.86. The van der Waals surface area contributed by atoms with E-state index in [0.29, 0.717) is 30.2 Å². The van der Waals surface area contributed by atoms with Crippen LogP contribution < -0.4 is 0 Å². The Morgan fingerprint density at radius 3 is 2.48 bits per heavy atom. The molecule has 0 radical (unpaired) electrons.